The van der Waals surface area contributed by atoms with E-state index in [1.165, 1.54) is 30.5 Å². The molecule has 4 rings (SSSR count). The third-order valence-electron chi connectivity index (χ3n) is 4.63. The van der Waals surface area contributed by atoms with E-state index in [9.17, 15) is 31.5 Å². The van der Waals surface area contributed by atoms with E-state index in [1.807, 2.05) is 0 Å². The number of carbonyl (C=O) groups excluding carboxylic acids is 2. The number of nitrogens with zero attached hydrogens (tertiary/aromatic N) is 2. The van der Waals surface area contributed by atoms with Crippen LogP contribution in [0.1, 0.15) is 16.1 Å². The SMILES string of the molecule is O=C1NCCc2c1cc(-c1ccnc(-c3c(F)cccc3F)c1)n2OC(=O)C(F)(F)F. The van der Waals surface area contributed by atoms with Crippen molar-refractivity contribution in [3.05, 3.63) is 65.5 Å². The molecular formula is C20H12F5N3O3. The Labute approximate surface area is 171 Å². The van der Waals surface area contributed by atoms with Crippen LogP contribution < -0.4 is 10.2 Å². The van der Waals surface area contributed by atoms with E-state index in [0.29, 0.717) is 4.73 Å². The van der Waals surface area contributed by atoms with Crippen molar-refractivity contribution >= 4 is 11.9 Å². The van der Waals surface area contributed by atoms with Gasteiger partial charge >= 0.3 is 12.1 Å². The van der Waals surface area contributed by atoms with Crippen LogP contribution in [0.3, 0.4) is 0 Å². The highest BCUT2D eigenvalue weighted by atomic mass is 19.4. The molecule has 1 aliphatic rings. The molecule has 0 spiro atoms. The van der Waals surface area contributed by atoms with Crippen molar-refractivity contribution in [2.45, 2.75) is 12.6 Å². The standard InChI is InChI=1S/C20H12F5N3O3/c21-12-2-1-3-13(22)17(12)14-8-10(4-6-26-14)16-9-11-15(5-7-27-18(11)29)28(16)31-19(30)20(23,24)25/h1-4,6,8-9H,5,7H2,(H,27,29). The second-order valence-corrected chi connectivity index (χ2v) is 6.59. The van der Waals surface area contributed by atoms with E-state index < -0.39 is 35.3 Å². The van der Waals surface area contributed by atoms with Crippen molar-refractivity contribution in [1.82, 2.24) is 15.0 Å². The maximum absolute atomic E-state index is 14.2. The van der Waals surface area contributed by atoms with Crippen molar-refractivity contribution in [2.24, 2.45) is 0 Å². The van der Waals surface area contributed by atoms with Crippen LogP contribution in [-0.4, -0.2) is 34.3 Å². The number of halogens is 5. The summed E-state index contributed by atoms with van der Waals surface area (Å²) in [6, 6.07) is 7.04. The molecular weight excluding hydrogens is 425 g/mol. The number of hydrogen-bond acceptors (Lipinski definition) is 4. The zero-order valence-corrected chi connectivity index (χ0v) is 15.5. The van der Waals surface area contributed by atoms with E-state index in [4.69, 9.17) is 0 Å². The lowest BCUT2D eigenvalue weighted by Gasteiger charge is -2.17. The molecule has 0 saturated heterocycles. The third-order valence-corrected chi connectivity index (χ3v) is 4.63. The number of hydrogen-bond donors (Lipinski definition) is 1. The predicted octanol–water partition coefficient (Wildman–Crippen LogP) is 3.30. The molecule has 0 bridgehead atoms. The molecule has 0 saturated carbocycles. The minimum absolute atomic E-state index is 0.0201. The normalized spacial score (nSPS) is 13.5. The lowest BCUT2D eigenvalue weighted by atomic mass is 10.1. The van der Waals surface area contributed by atoms with Gasteiger partial charge in [0.15, 0.2) is 0 Å². The average molecular weight is 437 g/mol. The van der Waals surface area contributed by atoms with Crippen LogP contribution in [0.5, 0.6) is 0 Å². The van der Waals surface area contributed by atoms with E-state index >= 15 is 0 Å². The molecule has 2 aromatic heterocycles. The number of benzene rings is 1. The summed E-state index contributed by atoms with van der Waals surface area (Å²) in [5, 5.41) is 2.54. The number of nitrogens with one attached hydrogen (secondary N) is 1. The summed E-state index contributed by atoms with van der Waals surface area (Å²) < 4.78 is 67.3. The summed E-state index contributed by atoms with van der Waals surface area (Å²) in [6.07, 6.45) is -3.98. The number of fused-ring (bicyclic) bond motifs is 1. The Kier molecular flexibility index (Phi) is 4.96. The smallest absolute Gasteiger partial charge is 0.352 e. The summed E-state index contributed by atoms with van der Waals surface area (Å²) in [6.45, 7) is 0.126. The average Bonchev–Trinajstić information content (AvgIpc) is 3.07. The highest BCUT2D eigenvalue weighted by Gasteiger charge is 2.43. The molecule has 0 atom stereocenters. The first kappa shape index (κ1) is 20.5. The van der Waals surface area contributed by atoms with E-state index in [-0.39, 0.29) is 41.2 Å². The van der Waals surface area contributed by atoms with Gasteiger partial charge in [0, 0.05) is 24.7 Å². The Morgan fingerprint density at radius 3 is 2.52 bits per heavy atom. The highest BCUT2D eigenvalue weighted by Crippen LogP contribution is 2.32. The lowest BCUT2D eigenvalue weighted by molar-refractivity contribution is -0.199. The Morgan fingerprint density at radius 1 is 1.13 bits per heavy atom. The maximum Gasteiger partial charge on any atom is 0.493 e. The highest BCUT2D eigenvalue weighted by molar-refractivity contribution is 5.98. The quantitative estimate of drug-likeness (QED) is 0.639. The molecule has 1 aromatic carbocycles. The van der Waals surface area contributed by atoms with Crippen molar-refractivity contribution in [1.29, 1.82) is 0 Å². The minimum atomic E-state index is -5.27. The molecule has 0 aliphatic carbocycles. The Morgan fingerprint density at radius 2 is 1.84 bits per heavy atom. The van der Waals surface area contributed by atoms with Gasteiger partial charge in [0.25, 0.3) is 5.91 Å². The van der Waals surface area contributed by atoms with E-state index in [2.05, 4.69) is 15.1 Å². The summed E-state index contributed by atoms with van der Waals surface area (Å²) in [4.78, 5) is 32.1. The second-order valence-electron chi connectivity index (χ2n) is 6.59. The maximum atomic E-state index is 14.2. The molecule has 1 amide bonds. The van der Waals surface area contributed by atoms with Gasteiger partial charge < -0.3 is 10.2 Å². The fourth-order valence-corrected chi connectivity index (χ4v) is 3.26. The molecule has 3 heterocycles. The largest absolute Gasteiger partial charge is 0.493 e. The molecule has 31 heavy (non-hydrogen) atoms. The van der Waals surface area contributed by atoms with E-state index in [0.717, 1.165) is 12.1 Å². The van der Waals surface area contributed by atoms with Crippen molar-refractivity contribution in [3.63, 3.8) is 0 Å². The molecule has 1 aliphatic heterocycles. The second kappa shape index (κ2) is 7.49. The minimum Gasteiger partial charge on any atom is -0.352 e. The first-order chi connectivity index (χ1) is 14.7. The summed E-state index contributed by atoms with van der Waals surface area (Å²) in [5.74, 6) is -4.81. The van der Waals surface area contributed by atoms with Gasteiger partial charge in [-0.15, -0.1) is 0 Å². The number of aromatic nitrogens is 2. The van der Waals surface area contributed by atoms with Gasteiger partial charge in [0.05, 0.1) is 28.2 Å². The molecule has 160 valence electrons. The van der Waals surface area contributed by atoms with Crippen LogP contribution in [0.25, 0.3) is 22.5 Å². The van der Waals surface area contributed by atoms with Crippen molar-refractivity contribution in [2.75, 3.05) is 6.54 Å². The lowest BCUT2D eigenvalue weighted by Crippen LogP contribution is -2.37. The third kappa shape index (κ3) is 3.74. The fourth-order valence-electron chi connectivity index (χ4n) is 3.26. The Balaban J connectivity index is 1.87. The van der Waals surface area contributed by atoms with Crippen LogP contribution in [0, 0.1) is 11.6 Å². The molecule has 11 heteroatoms. The number of amides is 1. The molecule has 6 nitrogen and oxygen atoms in total. The van der Waals surface area contributed by atoms with Gasteiger partial charge in [-0.25, -0.2) is 13.6 Å². The number of rotatable bonds is 3. The van der Waals surface area contributed by atoms with E-state index in [1.54, 1.807) is 0 Å². The van der Waals surface area contributed by atoms with Crippen LogP contribution in [0.15, 0.2) is 42.6 Å². The van der Waals surface area contributed by atoms with Crippen molar-refractivity contribution in [3.8, 4) is 22.5 Å². The van der Waals surface area contributed by atoms with Crippen LogP contribution in [-0.2, 0) is 11.2 Å². The molecule has 3 aromatic rings. The summed E-state index contributed by atoms with van der Waals surface area (Å²) in [5.41, 5.74) is -0.439. The molecule has 0 unspecified atom stereocenters. The van der Waals surface area contributed by atoms with Gasteiger partial charge in [0.1, 0.15) is 11.6 Å². The predicted molar refractivity (Wildman–Crippen MR) is 96.7 cm³/mol. The summed E-state index contributed by atoms with van der Waals surface area (Å²) >= 11 is 0. The first-order valence-corrected chi connectivity index (χ1v) is 8.90. The number of alkyl halides is 3. The topological polar surface area (TPSA) is 73.2 Å². The first-order valence-electron chi connectivity index (χ1n) is 8.90. The number of pyridine rings is 1. The molecule has 1 N–H and O–H groups in total. The number of carbonyl (C=O) groups is 2. The van der Waals surface area contributed by atoms with Gasteiger partial charge in [-0.1, -0.05) is 6.07 Å². The van der Waals surface area contributed by atoms with Gasteiger partial charge in [-0.2, -0.15) is 17.9 Å². The van der Waals surface area contributed by atoms with Crippen molar-refractivity contribution < 1.29 is 36.4 Å². The van der Waals surface area contributed by atoms with Gasteiger partial charge in [-0.3, -0.25) is 9.78 Å². The van der Waals surface area contributed by atoms with Crippen LogP contribution in [0.4, 0.5) is 22.0 Å². The zero-order valence-electron chi connectivity index (χ0n) is 15.5. The van der Waals surface area contributed by atoms with Gasteiger partial charge in [0.2, 0.25) is 0 Å². The van der Waals surface area contributed by atoms with Gasteiger partial charge in [-0.05, 0) is 30.3 Å². The molecule has 0 fully saturated rings. The monoisotopic (exact) mass is 437 g/mol. The zero-order chi connectivity index (χ0) is 22.3. The Hall–Kier alpha value is -3.76. The van der Waals surface area contributed by atoms with Crippen LogP contribution in [0.2, 0.25) is 0 Å². The van der Waals surface area contributed by atoms with Crippen LogP contribution >= 0.6 is 0 Å². The fraction of sp³-hybridized carbons (Fsp3) is 0.150. The molecule has 0 radical (unpaired) electrons. The Bertz CT molecular complexity index is 1180. The summed E-state index contributed by atoms with van der Waals surface area (Å²) in [7, 11) is 0.